The maximum atomic E-state index is 11.7. The summed E-state index contributed by atoms with van der Waals surface area (Å²) in [4.78, 5) is 25.2. The molecule has 3 N–H and O–H groups in total. The Bertz CT molecular complexity index is 456. The molecule has 1 aliphatic rings. The van der Waals surface area contributed by atoms with Crippen molar-refractivity contribution in [3.8, 4) is 0 Å². The van der Waals surface area contributed by atoms with Crippen LogP contribution in [-0.4, -0.2) is 36.3 Å². The van der Waals surface area contributed by atoms with Crippen molar-refractivity contribution in [2.45, 2.75) is 19.3 Å². The Kier molecular flexibility index (Phi) is 6.31. The van der Waals surface area contributed by atoms with Crippen LogP contribution in [0.1, 0.15) is 18.4 Å². The summed E-state index contributed by atoms with van der Waals surface area (Å²) in [6, 6.07) is 7.16. The van der Waals surface area contributed by atoms with Gasteiger partial charge in [0.2, 0.25) is 11.8 Å². The number of nitrogens with one attached hydrogen (secondary N) is 1. The number of likely N-dealkylation sites (tertiary alicyclic amines) is 1. The maximum absolute atomic E-state index is 11.7. The third-order valence-electron chi connectivity index (χ3n) is 3.24. The highest BCUT2D eigenvalue weighted by Gasteiger charge is 2.17. The minimum absolute atomic E-state index is 0. The lowest BCUT2D eigenvalue weighted by molar-refractivity contribution is -0.131. The average molecular weight is 298 g/mol. The second kappa shape index (κ2) is 7.75. The molecular formula is C14H20ClN3O2. The van der Waals surface area contributed by atoms with E-state index < -0.39 is 0 Å². The molecule has 0 radical (unpaired) electrons. The first-order chi connectivity index (χ1) is 9.15. The molecule has 1 aromatic rings. The number of carbonyl (C=O) groups excluding carboxylic acids is 2. The van der Waals surface area contributed by atoms with Gasteiger partial charge in [-0.15, -0.1) is 12.4 Å². The molecule has 0 aliphatic carbocycles. The molecule has 20 heavy (non-hydrogen) atoms. The van der Waals surface area contributed by atoms with Crippen molar-refractivity contribution in [3.05, 3.63) is 29.8 Å². The minimum Gasteiger partial charge on any atom is -0.399 e. The zero-order chi connectivity index (χ0) is 13.7. The molecule has 0 unspecified atom stereocenters. The average Bonchev–Trinajstić information content (AvgIpc) is 2.93. The van der Waals surface area contributed by atoms with Crippen molar-refractivity contribution in [3.63, 3.8) is 0 Å². The SMILES string of the molecule is Cl.Nc1ccc(CC(=O)NCC(=O)N2CCCC2)cc1. The predicted octanol–water partition coefficient (Wildman–Crippen LogP) is 0.972. The fraction of sp³-hybridized carbons (Fsp3) is 0.429. The summed E-state index contributed by atoms with van der Waals surface area (Å²) in [5.74, 6) is -0.138. The number of hydrogen-bond acceptors (Lipinski definition) is 3. The summed E-state index contributed by atoms with van der Waals surface area (Å²) >= 11 is 0. The largest absolute Gasteiger partial charge is 0.399 e. The Hall–Kier alpha value is -1.75. The van der Waals surface area contributed by atoms with Gasteiger partial charge in [0.25, 0.3) is 0 Å². The Morgan fingerprint density at radius 2 is 1.75 bits per heavy atom. The summed E-state index contributed by atoms with van der Waals surface area (Å²) in [5, 5.41) is 2.66. The summed E-state index contributed by atoms with van der Waals surface area (Å²) in [6.07, 6.45) is 2.39. The minimum atomic E-state index is -0.141. The lowest BCUT2D eigenvalue weighted by atomic mass is 10.1. The van der Waals surface area contributed by atoms with Crippen molar-refractivity contribution >= 4 is 29.9 Å². The van der Waals surface area contributed by atoms with Crippen LogP contribution < -0.4 is 11.1 Å². The number of nitrogen functional groups attached to an aromatic ring is 1. The summed E-state index contributed by atoms with van der Waals surface area (Å²) in [7, 11) is 0. The molecule has 5 nitrogen and oxygen atoms in total. The van der Waals surface area contributed by atoms with E-state index in [-0.39, 0.29) is 37.2 Å². The van der Waals surface area contributed by atoms with Gasteiger partial charge in [0.15, 0.2) is 0 Å². The van der Waals surface area contributed by atoms with Crippen LogP contribution in [0.15, 0.2) is 24.3 Å². The number of benzene rings is 1. The van der Waals surface area contributed by atoms with Crippen LogP contribution in [0.3, 0.4) is 0 Å². The lowest BCUT2D eigenvalue weighted by Gasteiger charge is -2.15. The maximum Gasteiger partial charge on any atom is 0.241 e. The van der Waals surface area contributed by atoms with E-state index in [9.17, 15) is 9.59 Å². The standard InChI is InChI=1S/C14H19N3O2.ClH/c15-12-5-3-11(4-6-12)9-13(18)16-10-14(19)17-7-1-2-8-17;/h3-6H,1-2,7-10,15H2,(H,16,18);1H. The van der Waals surface area contributed by atoms with Crippen molar-refractivity contribution < 1.29 is 9.59 Å². The molecule has 0 bridgehead atoms. The van der Waals surface area contributed by atoms with Gasteiger partial charge in [-0.1, -0.05) is 12.1 Å². The molecule has 1 saturated heterocycles. The number of rotatable bonds is 4. The van der Waals surface area contributed by atoms with Crippen LogP contribution >= 0.6 is 12.4 Å². The highest BCUT2D eigenvalue weighted by Crippen LogP contribution is 2.07. The van der Waals surface area contributed by atoms with Gasteiger partial charge in [0.05, 0.1) is 13.0 Å². The van der Waals surface area contributed by atoms with E-state index >= 15 is 0 Å². The molecule has 1 aromatic carbocycles. The van der Waals surface area contributed by atoms with Gasteiger partial charge in [0, 0.05) is 18.8 Å². The van der Waals surface area contributed by atoms with E-state index in [2.05, 4.69) is 5.32 Å². The monoisotopic (exact) mass is 297 g/mol. The third-order valence-corrected chi connectivity index (χ3v) is 3.24. The molecule has 0 spiro atoms. The van der Waals surface area contributed by atoms with E-state index in [1.807, 2.05) is 12.1 Å². The van der Waals surface area contributed by atoms with E-state index in [1.165, 1.54) is 0 Å². The zero-order valence-electron chi connectivity index (χ0n) is 11.3. The number of halogens is 1. The van der Waals surface area contributed by atoms with Crippen molar-refractivity contribution in [1.29, 1.82) is 0 Å². The van der Waals surface area contributed by atoms with Crippen molar-refractivity contribution in [2.24, 2.45) is 0 Å². The van der Waals surface area contributed by atoms with Gasteiger partial charge in [0.1, 0.15) is 0 Å². The molecule has 2 rings (SSSR count). The van der Waals surface area contributed by atoms with Gasteiger partial charge < -0.3 is 16.0 Å². The smallest absolute Gasteiger partial charge is 0.241 e. The molecule has 0 atom stereocenters. The molecule has 6 heteroatoms. The predicted molar refractivity (Wildman–Crippen MR) is 80.6 cm³/mol. The second-order valence-electron chi connectivity index (χ2n) is 4.78. The van der Waals surface area contributed by atoms with Crippen LogP contribution in [0.5, 0.6) is 0 Å². The molecule has 0 saturated carbocycles. The van der Waals surface area contributed by atoms with Crippen LogP contribution in [0, 0.1) is 0 Å². The summed E-state index contributed by atoms with van der Waals surface area (Å²) < 4.78 is 0. The van der Waals surface area contributed by atoms with Gasteiger partial charge >= 0.3 is 0 Å². The molecule has 110 valence electrons. The first-order valence-corrected chi connectivity index (χ1v) is 6.54. The van der Waals surface area contributed by atoms with Crippen LogP contribution in [0.2, 0.25) is 0 Å². The lowest BCUT2D eigenvalue weighted by Crippen LogP contribution is -2.39. The number of nitrogens with zero attached hydrogens (tertiary/aromatic N) is 1. The van der Waals surface area contributed by atoms with Crippen LogP contribution in [-0.2, 0) is 16.0 Å². The van der Waals surface area contributed by atoms with E-state index in [0.29, 0.717) is 5.69 Å². The fourth-order valence-corrected chi connectivity index (χ4v) is 2.14. The van der Waals surface area contributed by atoms with Crippen LogP contribution in [0.4, 0.5) is 5.69 Å². The normalized spacial score (nSPS) is 13.7. The van der Waals surface area contributed by atoms with Gasteiger partial charge in [-0.25, -0.2) is 0 Å². The number of amides is 2. The number of hydrogen-bond donors (Lipinski definition) is 2. The Morgan fingerprint density at radius 1 is 1.15 bits per heavy atom. The quantitative estimate of drug-likeness (QED) is 0.813. The van der Waals surface area contributed by atoms with Crippen LogP contribution in [0.25, 0.3) is 0 Å². The highest BCUT2D eigenvalue weighted by molar-refractivity contribution is 5.86. The second-order valence-corrected chi connectivity index (χ2v) is 4.78. The van der Waals surface area contributed by atoms with E-state index in [0.717, 1.165) is 31.5 Å². The Labute approximate surface area is 124 Å². The van der Waals surface area contributed by atoms with Crippen molar-refractivity contribution in [1.82, 2.24) is 10.2 Å². The Balaban J connectivity index is 0.00000200. The molecule has 1 fully saturated rings. The van der Waals surface area contributed by atoms with E-state index in [4.69, 9.17) is 5.73 Å². The number of carbonyl (C=O) groups is 2. The summed E-state index contributed by atoms with van der Waals surface area (Å²) in [6.45, 7) is 1.72. The fourth-order valence-electron chi connectivity index (χ4n) is 2.14. The molecule has 1 aliphatic heterocycles. The van der Waals surface area contributed by atoms with Gasteiger partial charge in [-0.2, -0.15) is 0 Å². The van der Waals surface area contributed by atoms with E-state index in [1.54, 1.807) is 17.0 Å². The van der Waals surface area contributed by atoms with Gasteiger partial charge in [-0.3, -0.25) is 9.59 Å². The highest BCUT2D eigenvalue weighted by atomic mass is 35.5. The topological polar surface area (TPSA) is 75.4 Å². The molecule has 0 aromatic heterocycles. The molecular weight excluding hydrogens is 278 g/mol. The first kappa shape index (κ1) is 16.3. The number of nitrogens with two attached hydrogens (primary N) is 1. The third kappa shape index (κ3) is 4.74. The van der Waals surface area contributed by atoms with Gasteiger partial charge in [-0.05, 0) is 30.5 Å². The Morgan fingerprint density at radius 3 is 2.35 bits per heavy atom. The first-order valence-electron chi connectivity index (χ1n) is 6.54. The number of anilines is 1. The molecule has 1 heterocycles. The van der Waals surface area contributed by atoms with Crippen molar-refractivity contribution in [2.75, 3.05) is 25.4 Å². The molecule has 2 amide bonds. The zero-order valence-corrected chi connectivity index (χ0v) is 12.1. The summed E-state index contributed by atoms with van der Waals surface area (Å²) in [5.41, 5.74) is 7.14.